The Morgan fingerprint density at radius 2 is 1.83 bits per heavy atom. The van der Waals surface area contributed by atoms with E-state index in [2.05, 4.69) is 0 Å². The molecule has 0 bridgehead atoms. The van der Waals surface area contributed by atoms with Gasteiger partial charge in [-0.3, -0.25) is 19.8 Å². The van der Waals surface area contributed by atoms with Gasteiger partial charge in [0, 0.05) is 18.6 Å². The number of fused-ring (bicyclic) bond motifs is 1. The van der Waals surface area contributed by atoms with E-state index in [1.54, 1.807) is 6.92 Å². The first-order valence-corrected chi connectivity index (χ1v) is 9.01. The number of nitrogens with zero attached hydrogens (tertiary/aromatic N) is 2. The molecule has 0 radical (unpaired) electrons. The number of non-ortho nitro benzene ring substituents is 1. The number of methoxy groups -OCH3 is 2. The molecule has 0 unspecified atom stereocenters. The number of nitro benzene ring substituents is 1. The van der Waals surface area contributed by atoms with Crippen molar-refractivity contribution in [2.24, 2.45) is 0 Å². The third-order valence-electron chi connectivity index (χ3n) is 5.06. The first kappa shape index (κ1) is 21.6. The van der Waals surface area contributed by atoms with Crippen LogP contribution >= 0.6 is 0 Å². The molecule has 0 N–H and O–H groups in total. The Bertz CT molecular complexity index is 857. The van der Waals surface area contributed by atoms with E-state index < -0.39 is 46.5 Å². The van der Waals surface area contributed by atoms with Crippen LogP contribution in [0.3, 0.4) is 0 Å². The van der Waals surface area contributed by atoms with E-state index in [1.165, 1.54) is 24.3 Å². The Kier molecular flexibility index (Phi) is 6.01. The second-order valence-corrected chi connectivity index (χ2v) is 6.60. The molecule has 162 valence electrons. The standard InChI is InChI=1S/C18H20N2O10/c1-4-28-15(21)12-9-18(17(23)27-3)13(10-5-7-11(8-6-10)19(24)25)14(16(22)26-2)30-20(18)29-12/h5-8,12-14H,4,9H2,1-3H3/t12-,13+,14+,18+/m0/s1. The predicted octanol–water partition coefficient (Wildman–Crippen LogP) is 0.646. The summed E-state index contributed by atoms with van der Waals surface area (Å²) < 4.78 is 14.7. The maximum atomic E-state index is 12.9. The van der Waals surface area contributed by atoms with Crippen LogP contribution in [0.1, 0.15) is 24.8 Å². The maximum Gasteiger partial charge on any atom is 0.337 e. The van der Waals surface area contributed by atoms with Crippen molar-refractivity contribution >= 4 is 23.6 Å². The van der Waals surface area contributed by atoms with Crippen molar-refractivity contribution in [3.8, 4) is 0 Å². The Hall–Kier alpha value is -3.09. The number of nitro groups is 1. The Balaban J connectivity index is 2.09. The van der Waals surface area contributed by atoms with Gasteiger partial charge in [-0.1, -0.05) is 12.1 Å². The fraction of sp³-hybridized carbons (Fsp3) is 0.500. The van der Waals surface area contributed by atoms with Gasteiger partial charge >= 0.3 is 17.9 Å². The summed E-state index contributed by atoms with van der Waals surface area (Å²) in [6, 6.07) is 5.26. The Labute approximate surface area is 170 Å². The molecule has 2 saturated heterocycles. The molecular formula is C18H20N2O10. The SMILES string of the molecule is CCOC(=O)[C@@H]1C[C@]2(C(=O)OC)[C@H](c3ccc([N+](=O)[O-])cc3)[C@H](C(=O)OC)ON2O1. The molecule has 2 fully saturated rings. The Morgan fingerprint density at radius 1 is 1.17 bits per heavy atom. The molecule has 2 aliphatic heterocycles. The van der Waals surface area contributed by atoms with Gasteiger partial charge in [-0.15, -0.1) is 0 Å². The molecule has 0 amide bonds. The quantitative estimate of drug-likeness (QED) is 0.275. The third-order valence-corrected chi connectivity index (χ3v) is 5.06. The van der Waals surface area contributed by atoms with Crippen LogP contribution in [-0.4, -0.2) is 66.6 Å². The highest BCUT2D eigenvalue weighted by atomic mass is 17.0. The van der Waals surface area contributed by atoms with E-state index in [9.17, 15) is 24.5 Å². The van der Waals surface area contributed by atoms with E-state index in [0.717, 1.165) is 19.4 Å². The van der Waals surface area contributed by atoms with Crippen LogP contribution in [0, 0.1) is 10.1 Å². The lowest BCUT2D eigenvalue weighted by Gasteiger charge is -2.30. The van der Waals surface area contributed by atoms with Gasteiger partial charge in [-0.25, -0.2) is 14.4 Å². The molecule has 0 aromatic heterocycles. The highest BCUT2D eigenvalue weighted by molar-refractivity contribution is 5.88. The van der Waals surface area contributed by atoms with Gasteiger partial charge in [0.1, 0.15) is 0 Å². The van der Waals surface area contributed by atoms with E-state index in [4.69, 9.17) is 23.9 Å². The number of carbonyl (C=O) groups is 3. The summed E-state index contributed by atoms with van der Waals surface area (Å²) in [5, 5.41) is 11.8. The molecule has 12 nitrogen and oxygen atoms in total. The number of carbonyl (C=O) groups excluding carboxylic acids is 3. The topological polar surface area (TPSA) is 144 Å². The van der Waals surface area contributed by atoms with Crippen LogP contribution < -0.4 is 0 Å². The van der Waals surface area contributed by atoms with Gasteiger partial charge in [-0.05, 0) is 17.7 Å². The summed E-state index contributed by atoms with van der Waals surface area (Å²) in [7, 11) is 2.29. The van der Waals surface area contributed by atoms with Crippen molar-refractivity contribution in [1.29, 1.82) is 0 Å². The molecule has 12 heteroatoms. The highest BCUT2D eigenvalue weighted by Gasteiger charge is 2.70. The zero-order chi connectivity index (χ0) is 22.1. The van der Waals surface area contributed by atoms with Crippen molar-refractivity contribution in [1.82, 2.24) is 5.23 Å². The zero-order valence-corrected chi connectivity index (χ0v) is 16.4. The molecule has 2 heterocycles. The lowest BCUT2D eigenvalue weighted by molar-refractivity contribution is -0.384. The zero-order valence-electron chi connectivity index (χ0n) is 16.4. The number of hydrogen-bond donors (Lipinski definition) is 0. The fourth-order valence-corrected chi connectivity index (χ4v) is 3.75. The average Bonchev–Trinajstić information content (AvgIpc) is 3.27. The van der Waals surface area contributed by atoms with Crippen molar-refractivity contribution in [3.05, 3.63) is 39.9 Å². The number of rotatable bonds is 6. The average molecular weight is 424 g/mol. The van der Waals surface area contributed by atoms with Crippen LogP contribution in [-0.2, 0) is 38.3 Å². The molecule has 0 spiro atoms. The smallest absolute Gasteiger partial charge is 0.337 e. The lowest BCUT2D eigenvalue weighted by Crippen LogP contribution is -2.50. The largest absolute Gasteiger partial charge is 0.467 e. The van der Waals surface area contributed by atoms with E-state index in [0.29, 0.717) is 5.56 Å². The van der Waals surface area contributed by atoms with Crippen molar-refractivity contribution in [2.45, 2.75) is 37.0 Å². The minimum absolute atomic E-state index is 0.0986. The molecule has 4 atom stereocenters. The van der Waals surface area contributed by atoms with Gasteiger partial charge in [-0.2, -0.15) is 0 Å². The van der Waals surface area contributed by atoms with Gasteiger partial charge in [0.2, 0.25) is 0 Å². The van der Waals surface area contributed by atoms with E-state index in [1.807, 2.05) is 0 Å². The number of benzene rings is 1. The number of ether oxygens (including phenoxy) is 3. The summed E-state index contributed by atoms with van der Waals surface area (Å²) in [6.45, 7) is 1.72. The number of esters is 3. The normalized spacial score (nSPS) is 27.9. The predicted molar refractivity (Wildman–Crippen MR) is 95.4 cm³/mol. The first-order valence-electron chi connectivity index (χ1n) is 9.01. The third kappa shape index (κ3) is 3.38. The van der Waals surface area contributed by atoms with Crippen molar-refractivity contribution in [3.63, 3.8) is 0 Å². The second-order valence-electron chi connectivity index (χ2n) is 6.60. The van der Waals surface area contributed by atoms with Crippen LogP contribution in [0.4, 0.5) is 5.69 Å². The van der Waals surface area contributed by atoms with E-state index in [-0.39, 0.29) is 18.7 Å². The summed E-state index contributed by atoms with van der Waals surface area (Å²) in [5.74, 6) is -3.37. The highest BCUT2D eigenvalue weighted by Crippen LogP contribution is 2.52. The van der Waals surface area contributed by atoms with Crippen LogP contribution in [0.5, 0.6) is 0 Å². The first-order chi connectivity index (χ1) is 14.3. The maximum absolute atomic E-state index is 12.9. The second kappa shape index (κ2) is 8.34. The van der Waals surface area contributed by atoms with Gasteiger partial charge in [0.15, 0.2) is 17.7 Å². The van der Waals surface area contributed by atoms with Gasteiger partial charge < -0.3 is 14.2 Å². The number of hydrogen-bond acceptors (Lipinski definition) is 11. The molecule has 1 aromatic rings. The molecule has 1 aromatic carbocycles. The number of hydroxylamine groups is 2. The molecule has 0 saturated carbocycles. The van der Waals surface area contributed by atoms with E-state index >= 15 is 0 Å². The van der Waals surface area contributed by atoms with Crippen molar-refractivity contribution < 1.29 is 43.2 Å². The van der Waals surface area contributed by atoms with Gasteiger partial charge in [0.25, 0.3) is 5.69 Å². The van der Waals surface area contributed by atoms with Crippen LogP contribution in [0.25, 0.3) is 0 Å². The van der Waals surface area contributed by atoms with Crippen LogP contribution in [0.2, 0.25) is 0 Å². The fourth-order valence-electron chi connectivity index (χ4n) is 3.75. The minimum atomic E-state index is -1.72. The summed E-state index contributed by atoms with van der Waals surface area (Å²) in [4.78, 5) is 59.0. The molecular weight excluding hydrogens is 404 g/mol. The summed E-state index contributed by atoms with van der Waals surface area (Å²) in [5.41, 5.74) is -1.54. The molecule has 30 heavy (non-hydrogen) atoms. The summed E-state index contributed by atoms with van der Waals surface area (Å²) in [6.07, 6.45) is -2.73. The van der Waals surface area contributed by atoms with Gasteiger partial charge in [0.05, 0.1) is 31.7 Å². The molecule has 2 aliphatic rings. The molecule has 0 aliphatic carbocycles. The minimum Gasteiger partial charge on any atom is -0.467 e. The summed E-state index contributed by atoms with van der Waals surface area (Å²) >= 11 is 0. The molecule has 3 rings (SSSR count). The Morgan fingerprint density at radius 3 is 2.37 bits per heavy atom. The van der Waals surface area contributed by atoms with Crippen molar-refractivity contribution in [2.75, 3.05) is 20.8 Å². The lowest BCUT2D eigenvalue weighted by atomic mass is 9.74. The van der Waals surface area contributed by atoms with Crippen LogP contribution in [0.15, 0.2) is 24.3 Å². The monoisotopic (exact) mass is 424 g/mol.